The van der Waals surface area contributed by atoms with Gasteiger partial charge in [-0.05, 0) is 12.8 Å². The summed E-state index contributed by atoms with van der Waals surface area (Å²) in [5, 5.41) is 12.4. The zero-order chi connectivity index (χ0) is 15.2. The molecule has 1 saturated heterocycles. The third-order valence-electron chi connectivity index (χ3n) is 4.18. The molecule has 0 radical (unpaired) electrons. The van der Waals surface area contributed by atoms with Crippen molar-refractivity contribution in [2.24, 2.45) is 0 Å². The van der Waals surface area contributed by atoms with Crippen LogP contribution < -0.4 is 5.32 Å². The van der Waals surface area contributed by atoms with Crippen molar-refractivity contribution in [1.29, 1.82) is 5.26 Å². The van der Waals surface area contributed by atoms with Crippen molar-refractivity contribution in [2.75, 3.05) is 26.2 Å². The Hall–Kier alpha value is -2.03. The summed E-state index contributed by atoms with van der Waals surface area (Å²) in [7, 11) is 0. The first-order chi connectivity index (χ1) is 10.1. The summed E-state index contributed by atoms with van der Waals surface area (Å²) in [6.45, 7) is 3.58. The fourth-order valence-electron chi connectivity index (χ4n) is 2.83. The molecule has 21 heavy (non-hydrogen) atoms. The second-order valence-corrected chi connectivity index (χ2v) is 5.62. The van der Waals surface area contributed by atoms with Gasteiger partial charge in [0.25, 0.3) is 5.91 Å². The summed E-state index contributed by atoms with van der Waals surface area (Å²) in [6.07, 6.45) is 6.17. The maximum absolute atomic E-state index is 12.3. The Bertz CT molecular complexity index is 467. The summed E-state index contributed by atoms with van der Waals surface area (Å²) in [4.78, 5) is 26.9. The van der Waals surface area contributed by atoms with Crippen LogP contribution in [0, 0.1) is 11.3 Å². The number of nitrogens with one attached hydrogen (secondary N) is 1. The van der Waals surface area contributed by atoms with Crippen molar-refractivity contribution in [3.63, 3.8) is 0 Å². The Labute approximate surface area is 125 Å². The minimum absolute atomic E-state index is 0.0287. The van der Waals surface area contributed by atoms with Gasteiger partial charge in [0.1, 0.15) is 11.6 Å². The fraction of sp³-hybridized carbons (Fsp3) is 0.667. The van der Waals surface area contributed by atoms with Gasteiger partial charge >= 0.3 is 0 Å². The summed E-state index contributed by atoms with van der Waals surface area (Å²) in [6, 6.07) is 2.37. The first kappa shape index (κ1) is 15.4. The first-order valence-electron chi connectivity index (χ1n) is 7.53. The molecule has 1 heterocycles. The number of amides is 2. The number of nitriles is 1. The monoisotopic (exact) mass is 290 g/mol. The molecule has 2 rings (SSSR count). The molecule has 6 nitrogen and oxygen atoms in total. The average molecular weight is 290 g/mol. The molecule has 2 amide bonds. The highest BCUT2D eigenvalue weighted by Gasteiger charge is 2.25. The summed E-state index contributed by atoms with van der Waals surface area (Å²) in [5.41, 5.74) is 0.151. The minimum Gasteiger partial charge on any atom is -0.387 e. The van der Waals surface area contributed by atoms with Crippen LogP contribution >= 0.6 is 0 Å². The second-order valence-electron chi connectivity index (χ2n) is 5.62. The summed E-state index contributed by atoms with van der Waals surface area (Å²) >= 11 is 0. The van der Waals surface area contributed by atoms with Crippen LogP contribution in [0.2, 0.25) is 0 Å². The van der Waals surface area contributed by atoms with Gasteiger partial charge in [-0.15, -0.1) is 0 Å². The topological polar surface area (TPSA) is 76.4 Å². The van der Waals surface area contributed by atoms with E-state index in [9.17, 15) is 14.9 Å². The zero-order valence-corrected chi connectivity index (χ0v) is 12.5. The number of hydrogen-bond acceptors (Lipinski definition) is 4. The maximum Gasteiger partial charge on any atom is 0.266 e. The Balaban J connectivity index is 1.89. The molecule has 0 spiro atoms. The minimum atomic E-state index is -0.244. The molecule has 0 aromatic heterocycles. The highest BCUT2D eigenvalue weighted by atomic mass is 16.2. The van der Waals surface area contributed by atoms with Crippen molar-refractivity contribution in [3.8, 4) is 6.07 Å². The molecule has 0 unspecified atom stereocenters. The van der Waals surface area contributed by atoms with Crippen molar-refractivity contribution in [3.05, 3.63) is 11.8 Å². The SMILES string of the molecule is CC(=O)N1CCN(C(=O)/C(C#N)=C\NC2CCCC2)CC1. The molecule has 2 fully saturated rings. The molecular weight excluding hydrogens is 268 g/mol. The molecule has 1 aliphatic carbocycles. The van der Waals surface area contributed by atoms with E-state index in [1.807, 2.05) is 6.07 Å². The molecule has 2 aliphatic rings. The van der Waals surface area contributed by atoms with Crippen molar-refractivity contribution < 1.29 is 9.59 Å². The van der Waals surface area contributed by atoms with Crippen molar-refractivity contribution in [2.45, 2.75) is 38.6 Å². The van der Waals surface area contributed by atoms with E-state index >= 15 is 0 Å². The molecule has 0 aromatic carbocycles. The predicted molar refractivity (Wildman–Crippen MR) is 77.9 cm³/mol. The number of hydrogen-bond donors (Lipinski definition) is 1. The second kappa shape index (κ2) is 7.11. The maximum atomic E-state index is 12.3. The zero-order valence-electron chi connectivity index (χ0n) is 12.5. The highest BCUT2D eigenvalue weighted by Crippen LogP contribution is 2.17. The summed E-state index contributed by atoms with van der Waals surface area (Å²) in [5.74, 6) is -0.216. The number of carbonyl (C=O) groups is 2. The highest BCUT2D eigenvalue weighted by molar-refractivity contribution is 5.97. The van der Waals surface area contributed by atoms with Gasteiger partial charge in [-0.3, -0.25) is 9.59 Å². The summed E-state index contributed by atoms with van der Waals surface area (Å²) < 4.78 is 0. The van der Waals surface area contributed by atoms with Crippen LogP contribution in [0.15, 0.2) is 11.8 Å². The molecule has 6 heteroatoms. The van der Waals surface area contributed by atoms with Gasteiger partial charge in [-0.25, -0.2) is 0 Å². The molecule has 0 atom stereocenters. The smallest absolute Gasteiger partial charge is 0.266 e. The van der Waals surface area contributed by atoms with Crippen LogP contribution in [-0.4, -0.2) is 53.8 Å². The van der Waals surface area contributed by atoms with Crippen LogP contribution in [0.25, 0.3) is 0 Å². The van der Waals surface area contributed by atoms with Crippen LogP contribution in [0.3, 0.4) is 0 Å². The fourth-order valence-corrected chi connectivity index (χ4v) is 2.83. The molecule has 1 aliphatic heterocycles. The quantitative estimate of drug-likeness (QED) is 0.610. The largest absolute Gasteiger partial charge is 0.387 e. The first-order valence-corrected chi connectivity index (χ1v) is 7.53. The Morgan fingerprint density at radius 2 is 1.71 bits per heavy atom. The third-order valence-corrected chi connectivity index (χ3v) is 4.18. The van der Waals surface area contributed by atoms with E-state index in [1.54, 1.807) is 16.0 Å². The van der Waals surface area contributed by atoms with E-state index in [0.29, 0.717) is 32.2 Å². The average Bonchev–Trinajstić information content (AvgIpc) is 3.01. The Morgan fingerprint density at radius 1 is 1.14 bits per heavy atom. The molecule has 0 aromatic rings. The standard InChI is InChI=1S/C15H22N4O2/c1-12(20)18-6-8-19(9-7-18)15(21)13(10-16)11-17-14-4-2-3-5-14/h11,14,17H,2-9H2,1H3/b13-11-. The molecule has 1 saturated carbocycles. The number of rotatable bonds is 3. The number of nitrogens with zero attached hydrogens (tertiary/aromatic N) is 3. The van der Waals surface area contributed by atoms with Crippen LogP contribution in [0.4, 0.5) is 0 Å². The lowest BCUT2D eigenvalue weighted by molar-refractivity contribution is -0.136. The van der Waals surface area contributed by atoms with Crippen LogP contribution in [0.5, 0.6) is 0 Å². The number of piperazine rings is 1. The van der Waals surface area contributed by atoms with Crippen LogP contribution in [0.1, 0.15) is 32.6 Å². The van der Waals surface area contributed by atoms with Gasteiger partial charge in [0, 0.05) is 45.3 Å². The normalized spacial score (nSPS) is 20.3. The van der Waals surface area contributed by atoms with Crippen molar-refractivity contribution in [1.82, 2.24) is 15.1 Å². The van der Waals surface area contributed by atoms with Gasteiger partial charge in [-0.2, -0.15) is 5.26 Å². The van der Waals surface area contributed by atoms with E-state index in [0.717, 1.165) is 12.8 Å². The predicted octanol–water partition coefficient (Wildman–Crippen LogP) is 0.617. The molecular formula is C15H22N4O2. The van der Waals surface area contributed by atoms with E-state index < -0.39 is 0 Å². The Morgan fingerprint density at radius 3 is 2.24 bits per heavy atom. The van der Waals surface area contributed by atoms with Gasteiger partial charge in [-0.1, -0.05) is 12.8 Å². The Kier molecular flexibility index (Phi) is 5.20. The number of carbonyl (C=O) groups excluding carboxylic acids is 2. The molecule has 0 bridgehead atoms. The lowest BCUT2D eigenvalue weighted by Crippen LogP contribution is -2.50. The van der Waals surface area contributed by atoms with Gasteiger partial charge in [0.2, 0.25) is 5.91 Å². The third kappa shape index (κ3) is 3.97. The van der Waals surface area contributed by atoms with E-state index in [4.69, 9.17) is 0 Å². The lowest BCUT2D eigenvalue weighted by Gasteiger charge is -2.34. The van der Waals surface area contributed by atoms with Gasteiger partial charge < -0.3 is 15.1 Å². The molecule has 1 N–H and O–H groups in total. The van der Waals surface area contributed by atoms with Crippen LogP contribution in [-0.2, 0) is 9.59 Å². The van der Waals surface area contributed by atoms with E-state index in [-0.39, 0.29) is 17.4 Å². The van der Waals surface area contributed by atoms with Gasteiger partial charge in [0.15, 0.2) is 0 Å². The molecule has 114 valence electrons. The van der Waals surface area contributed by atoms with Crippen molar-refractivity contribution >= 4 is 11.8 Å². The van der Waals surface area contributed by atoms with Gasteiger partial charge in [0.05, 0.1) is 0 Å². The van der Waals surface area contributed by atoms with E-state index in [1.165, 1.54) is 19.8 Å². The van der Waals surface area contributed by atoms with E-state index in [2.05, 4.69) is 5.32 Å². The lowest BCUT2D eigenvalue weighted by atomic mass is 10.2.